The molecule has 4 rings (SSSR count). The fourth-order valence-corrected chi connectivity index (χ4v) is 3.56. The number of oxime groups is 1. The van der Waals surface area contributed by atoms with E-state index in [9.17, 15) is 9.18 Å². The second kappa shape index (κ2) is 7.78. The van der Waals surface area contributed by atoms with E-state index in [0.717, 1.165) is 24.2 Å². The molecule has 0 aliphatic carbocycles. The SMILES string of the molecule is O=C(C1=NOC(c2ccccc2)C1)N1CCCN(c2ccc(F)cc2)CC1. The fourth-order valence-electron chi connectivity index (χ4n) is 3.56. The van der Waals surface area contributed by atoms with E-state index >= 15 is 0 Å². The number of carbonyl (C=O) groups excluding carboxylic acids is 1. The Morgan fingerprint density at radius 3 is 2.56 bits per heavy atom. The Kier molecular flexibility index (Phi) is 5.05. The van der Waals surface area contributed by atoms with Gasteiger partial charge in [0.1, 0.15) is 11.5 Å². The summed E-state index contributed by atoms with van der Waals surface area (Å²) in [6.45, 7) is 2.86. The Labute approximate surface area is 158 Å². The Hall–Kier alpha value is -2.89. The minimum absolute atomic E-state index is 0.0469. The van der Waals surface area contributed by atoms with Crippen LogP contribution in [0, 0.1) is 5.82 Å². The molecule has 2 aliphatic heterocycles. The fraction of sp³-hybridized carbons (Fsp3) is 0.333. The van der Waals surface area contributed by atoms with E-state index < -0.39 is 0 Å². The molecule has 0 spiro atoms. The summed E-state index contributed by atoms with van der Waals surface area (Å²) >= 11 is 0. The molecule has 0 bridgehead atoms. The van der Waals surface area contributed by atoms with Gasteiger partial charge < -0.3 is 14.6 Å². The van der Waals surface area contributed by atoms with Crippen molar-refractivity contribution < 1.29 is 14.0 Å². The smallest absolute Gasteiger partial charge is 0.271 e. The van der Waals surface area contributed by atoms with Gasteiger partial charge in [0.25, 0.3) is 5.91 Å². The molecule has 0 radical (unpaired) electrons. The zero-order chi connectivity index (χ0) is 18.6. The lowest BCUT2D eigenvalue weighted by atomic mass is 10.0. The van der Waals surface area contributed by atoms with Crippen molar-refractivity contribution in [3.63, 3.8) is 0 Å². The van der Waals surface area contributed by atoms with Crippen molar-refractivity contribution in [2.75, 3.05) is 31.1 Å². The van der Waals surface area contributed by atoms with Crippen molar-refractivity contribution in [2.45, 2.75) is 18.9 Å². The topological polar surface area (TPSA) is 45.1 Å². The van der Waals surface area contributed by atoms with Crippen molar-refractivity contribution in [2.24, 2.45) is 5.16 Å². The Bertz CT molecular complexity index is 823. The van der Waals surface area contributed by atoms with E-state index in [1.807, 2.05) is 35.2 Å². The number of nitrogens with zero attached hydrogens (tertiary/aromatic N) is 3. The summed E-state index contributed by atoms with van der Waals surface area (Å²) in [5.74, 6) is -0.285. The number of amides is 1. The van der Waals surface area contributed by atoms with Crippen LogP contribution in [-0.2, 0) is 9.63 Å². The highest BCUT2D eigenvalue weighted by Gasteiger charge is 2.31. The predicted octanol–water partition coefficient (Wildman–Crippen LogP) is 3.38. The van der Waals surface area contributed by atoms with Crippen LogP contribution in [0.5, 0.6) is 0 Å². The molecular weight excluding hydrogens is 345 g/mol. The number of rotatable bonds is 3. The Morgan fingerprint density at radius 2 is 1.78 bits per heavy atom. The first-order valence-electron chi connectivity index (χ1n) is 9.28. The molecule has 1 atom stereocenters. The van der Waals surface area contributed by atoms with Crippen molar-refractivity contribution in [1.29, 1.82) is 0 Å². The van der Waals surface area contributed by atoms with Gasteiger partial charge in [0.05, 0.1) is 0 Å². The standard InChI is InChI=1S/C21H22FN3O2/c22-17-7-9-18(10-8-17)24-11-4-12-25(14-13-24)21(26)19-15-20(27-23-19)16-5-2-1-3-6-16/h1-3,5-10,20H,4,11-15H2. The molecule has 6 heteroatoms. The minimum Gasteiger partial charge on any atom is -0.387 e. The van der Waals surface area contributed by atoms with Crippen LogP contribution in [0.3, 0.4) is 0 Å². The van der Waals surface area contributed by atoms with Crippen LogP contribution in [0.2, 0.25) is 0 Å². The summed E-state index contributed by atoms with van der Waals surface area (Å²) in [6, 6.07) is 16.3. The molecule has 0 saturated carbocycles. The van der Waals surface area contributed by atoms with Crippen molar-refractivity contribution in [1.82, 2.24) is 4.90 Å². The molecule has 2 aromatic rings. The van der Waals surface area contributed by atoms with Crippen molar-refractivity contribution in [3.05, 3.63) is 66.0 Å². The molecule has 140 valence electrons. The van der Waals surface area contributed by atoms with Gasteiger partial charge in [0.2, 0.25) is 0 Å². The van der Waals surface area contributed by atoms with Gasteiger partial charge in [0, 0.05) is 38.3 Å². The van der Waals surface area contributed by atoms with Crippen LogP contribution >= 0.6 is 0 Å². The van der Waals surface area contributed by atoms with Crippen LogP contribution in [0.25, 0.3) is 0 Å². The summed E-state index contributed by atoms with van der Waals surface area (Å²) in [4.78, 5) is 22.4. The van der Waals surface area contributed by atoms with Gasteiger partial charge in [-0.1, -0.05) is 35.5 Å². The summed E-state index contributed by atoms with van der Waals surface area (Å²) in [7, 11) is 0. The zero-order valence-electron chi connectivity index (χ0n) is 15.1. The number of hydrogen-bond acceptors (Lipinski definition) is 4. The van der Waals surface area contributed by atoms with Gasteiger partial charge in [-0.3, -0.25) is 4.79 Å². The predicted molar refractivity (Wildman–Crippen MR) is 102 cm³/mol. The molecule has 0 aromatic heterocycles. The maximum atomic E-state index is 13.1. The molecule has 2 heterocycles. The van der Waals surface area contributed by atoms with E-state index in [2.05, 4.69) is 10.1 Å². The lowest BCUT2D eigenvalue weighted by molar-refractivity contribution is -0.124. The second-order valence-corrected chi connectivity index (χ2v) is 6.86. The summed E-state index contributed by atoms with van der Waals surface area (Å²) in [6.07, 6.45) is 1.17. The highest BCUT2D eigenvalue weighted by atomic mass is 19.1. The molecular formula is C21H22FN3O2. The number of halogens is 1. The average Bonchev–Trinajstić information content (AvgIpc) is 3.07. The minimum atomic E-state index is -0.238. The summed E-state index contributed by atoms with van der Waals surface area (Å²) in [5.41, 5.74) is 2.50. The van der Waals surface area contributed by atoms with Gasteiger partial charge in [0.15, 0.2) is 6.10 Å². The van der Waals surface area contributed by atoms with E-state index in [-0.39, 0.29) is 17.8 Å². The second-order valence-electron chi connectivity index (χ2n) is 6.86. The zero-order valence-corrected chi connectivity index (χ0v) is 15.1. The van der Waals surface area contributed by atoms with Gasteiger partial charge in [-0.05, 0) is 36.2 Å². The maximum absolute atomic E-state index is 13.1. The monoisotopic (exact) mass is 367 g/mol. The Balaban J connectivity index is 1.36. The maximum Gasteiger partial charge on any atom is 0.271 e. The molecule has 2 aliphatic rings. The Morgan fingerprint density at radius 1 is 1.00 bits per heavy atom. The van der Waals surface area contributed by atoms with E-state index in [1.165, 1.54) is 12.1 Å². The third-order valence-corrected chi connectivity index (χ3v) is 5.06. The highest BCUT2D eigenvalue weighted by molar-refractivity contribution is 6.39. The van der Waals surface area contributed by atoms with Crippen LogP contribution in [-0.4, -0.2) is 42.7 Å². The molecule has 1 unspecified atom stereocenters. The first-order chi connectivity index (χ1) is 13.2. The van der Waals surface area contributed by atoms with Gasteiger partial charge in [-0.15, -0.1) is 0 Å². The average molecular weight is 367 g/mol. The van der Waals surface area contributed by atoms with Gasteiger partial charge >= 0.3 is 0 Å². The number of benzene rings is 2. The van der Waals surface area contributed by atoms with Crippen LogP contribution in [0.15, 0.2) is 59.8 Å². The van der Waals surface area contributed by atoms with E-state index in [0.29, 0.717) is 31.8 Å². The number of anilines is 1. The van der Waals surface area contributed by atoms with E-state index in [1.54, 1.807) is 12.1 Å². The molecule has 1 saturated heterocycles. The molecule has 1 fully saturated rings. The highest BCUT2D eigenvalue weighted by Crippen LogP contribution is 2.27. The van der Waals surface area contributed by atoms with Crippen molar-refractivity contribution >= 4 is 17.3 Å². The summed E-state index contributed by atoms with van der Waals surface area (Å²) < 4.78 is 13.1. The molecule has 27 heavy (non-hydrogen) atoms. The van der Waals surface area contributed by atoms with Crippen LogP contribution in [0.1, 0.15) is 24.5 Å². The largest absolute Gasteiger partial charge is 0.387 e. The van der Waals surface area contributed by atoms with Crippen molar-refractivity contribution in [3.8, 4) is 0 Å². The molecule has 2 aromatic carbocycles. The number of carbonyl (C=O) groups is 1. The lowest BCUT2D eigenvalue weighted by Crippen LogP contribution is -2.39. The lowest BCUT2D eigenvalue weighted by Gasteiger charge is -2.23. The van der Waals surface area contributed by atoms with E-state index in [4.69, 9.17) is 4.84 Å². The number of hydrogen-bond donors (Lipinski definition) is 0. The normalized spacial score (nSPS) is 20.0. The van der Waals surface area contributed by atoms with Crippen LogP contribution in [0.4, 0.5) is 10.1 Å². The van der Waals surface area contributed by atoms with Gasteiger partial charge in [-0.2, -0.15) is 0 Å². The molecule has 1 amide bonds. The quantitative estimate of drug-likeness (QED) is 0.835. The third-order valence-electron chi connectivity index (χ3n) is 5.06. The summed E-state index contributed by atoms with van der Waals surface area (Å²) in [5, 5.41) is 4.06. The first-order valence-corrected chi connectivity index (χ1v) is 9.28. The molecule has 0 N–H and O–H groups in total. The van der Waals surface area contributed by atoms with Gasteiger partial charge in [-0.25, -0.2) is 4.39 Å². The molecule has 5 nitrogen and oxygen atoms in total. The first kappa shape index (κ1) is 17.5. The van der Waals surface area contributed by atoms with Crippen LogP contribution < -0.4 is 4.90 Å². The third kappa shape index (κ3) is 3.94.